The van der Waals surface area contributed by atoms with Crippen LogP contribution in [-0.2, 0) is 19.6 Å². The van der Waals surface area contributed by atoms with Gasteiger partial charge in [-0.3, -0.25) is 4.79 Å². The first kappa shape index (κ1) is 21.1. The fraction of sp³-hybridized carbons (Fsp3) is 0.529. The number of hydrogen-bond donors (Lipinski definition) is 3. The van der Waals surface area contributed by atoms with Gasteiger partial charge in [0, 0.05) is 18.8 Å². The monoisotopic (exact) mass is 399 g/mol. The number of carbonyl (C=O) groups excluding carboxylic acids is 1. The minimum atomic E-state index is -4.01. The van der Waals surface area contributed by atoms with E-state index in [0.29, 0.717) is 32.0 Å². The van der Waals surface area contributed by atoms with Crippen LogP contribution < -0.4 is 15.4 Å². The summed E-state index contributed by atoms with van der Waals surface area (Å²) in [4.78, 5) is 26.0. The fourth-order valence-electron chi connectivity index (χ4n) is 2.88. The van der Waals surface area contributed by atoms with E-state index in [-0.39, 0.29) is 22.8 Å². The molecule has 150 valence electrons. The maximum absolute atomic E-state index is 12.8. The molecule has 27 heavy (non-hydrogen) atoms. The molecule has 1 aliphatic rings. The number of carboxylic acid groups (broad SMARTS) is 1. The van der Waals surface area contributed by atoms with Crippen LogP contribution in [0.4, 0.5) is 5.69 Å². The number of sulfonamides is 1. The van der Waals surface area contributed by atoms with Crippen molar-refractivity contribution < 1.29 is 27.9 Å². The normalized spacial score (nSPS) is 16.2. The quantitative estimate of drug-likeness (QED) is 0.603. The number of carboxylic acids is 1. The second kappa shape index (κ2) is 8.68. The molecule has 1 fully saturated rings. The summed E-state index contributed by atoms with van der Waals surface area (Å²) in [5, 5.41) is 17.0. The minimum Gasteiger partial charge on any atom is -0.480 e. The van der Waals surface area contributed by atoms with Crippen molar-refractivity contribution in [2.45, 2.75) is 31.2 Å². The van der Waals surface area contributed by atoms with Gasteiger partial charge >= 0.3 is 5.97 Å². The van der Waals surface area contributed by atoms with E-state index in [9.17, 15) is 23.1 Å². The molecule has 2 rings (SSSR count). The van der Waals surface area contributed by atoms with Crippen LogP contribution >= 0.6 is 0 Å². The first-order valence-corrected chi connectivity index (χ1v) is 10.2. The maximum Gasteiger partial charge on any atom is 0.326 e. The highest BCUT2D eigenvalue weighted by molar-refractivity contribution is 7.89. The molecule has 1 aromatic rings. The number of hydrogen-bond acceptors (Lipinski definition) is 6. The van der Waals surface area contributed by atoms with Gasteiger partial charge < -0.3 is 20.1 Å². The average Bonchev–Trinajstić information content (AvgIpc) is 2.60. The van der Waals surface area contributed by atoms with Gasteiger partial charge in [0.15, 0.2) is 0 Å². The van der Waals surface area contributed by atoms with Crippen molar-refractivity contribution >= 4 is 27.6 Å². The number of morpholine rings is 1. The molecule has 1 heterocycles. The van der Waals surface area contributed by atoms with Crippen molar-refractivity contribution in [1.29, 1.82) is 0 Å². The number of carbonyl (C=O) groups is 2. The topological polar surface area (TPSA) is 139 Å². The number of aliphatic carboxylic acids is 1. The molecule has 1 amide bonds. The third-order valence-electron chi connectivity index (χ3n) is 4.20. The third-order valence-corrected chi connectivity index (χ3v) is 5.11. The summed E-state index contributed by atoms with van der Waals surface area (Å²) in [5.74, 6) is -1.75. The summed E-state index contributed by atoms with van der Waals surface area (Å²) >= 11 is 0. The lowest BCUT2D eigenvalue weighted by Crippen LogP contribution is -2.43. The summed E-state index contributed by atoms with van der Waals surface area (Å²) < 4.78 is 28.7. The van der Waals surface area contributed by atoms with Gasteiger partial charge in [0.05, 0.1) is 23.7 Å². The number of nitrogens with zero attached hydrogens (tertiary/aromatic N) is 1. The Labute approximate surface area is 158 Å². The van der Waals surface area contributed by atoms with Crippen LogP contribution in [0.15, 0.2) is 23.1 Å². The fourth-order valence-corrected chi connectivity index (χ4v) is 3.42. The van der Waals surface area contributed by atoms with Gasteiger partial charge in [0.25, 0.3) is 5.91 Å². The van der Waals surface area contributed by atoms with Crippen LogP contribution in [0.25, 0.3) is 0 Å². The molecule has 0 unspecified atom stereocenters. The van der Waals surface area contributed by atoms with E-state index >= 15 is 0 Å². The van der Waals surface area contributed by atoms with Crippen LogP contribution in [0.1, 0.15) is 30.6 Å². The Morgan fingerprint density at radius 1 is 1.30 bits per heavy atom. The molecular weight excluding hydrogens is 374 g/mol. The van der Waals surface area contributed by atoms with Crippen LogP contribution in [-0.4, -0.2) is 57.7 Å². The molecule has 4 N–H and O–H groups in total. The largest absolute Gasteiger partial charge is 0.480 e. The SMILES string of the molecule is CC(C)C[C@@H](NC(=O)c1cc(S(N)(=O)=O)ccc1N1CCOCC1)C(=O)O. The molecule has 0 aromatic heterocycles. The zero-order chi connectivity index (χ0) is 20.2. The molecule has 0 saturated carbocycles. The van der Waals surface area contributed by atoms with Gasteiger partial charge in [-0.1, -0.05) is 13.8 Å². The lowest BCUT2D eigenvalue weighted by Gasteiger charge is -2.30. The van der Waals surface area contributed by atoms with Gasteiger partial charge in [-0.25, -0.2) is 18.4 Å². The predicted octanol–water partition coefficient (Wildman–Crippen LogP) is 0.400. The van der Waals surface area contributed by atoms with E-state index in [2.05, 4.69) is 5.32 Å². The van der Waals surface area contributed by atoms with Crippen LogP contribution in [0.3, 0.4) is 0 Å². The third kappa shape index (κ3) is 5.65. The standard InChI is InChI=1S/C17H25N3O6S/c1-11(2)9-14(17(22)23)19-16(21)13-10-12(27(18,24)25)3-4-15(13)20-5-7-26-8-6-20/h3-4,10-11,14H,5-9H2,1-2H3,(H,19,21)(H,22,23)(H2,18,24,25)/t14-/m1/s1. The van der Waals surface area contributed by atoms with E-state index in [0.717, 1.165) is 0 Å². The predicted molar refractivity (Wildman–Crippen MR) is 99.2 cm³/mol. The number of nitrogens with two attached hydrogens (primary N) is 1. The van der Waals surface area contributed by atoms with Crippen molar-refractivity contribution in [3.63, 3.8) is 0 Å². The second-order valence-electron chi connectivity index (χ2n) is 6.82. The molecule has 10 heteroatoms. The van der Waals surface area contributed by atoms with E-state index in [1.165, 1.54) is 18.2 Å². The highest BCUT2D eigenvalue weighted by Gasteiger charge is 2.26. The molecular formula is C17H25N3O6S. The summed E-state index contributed by atoms with van der Waals surface area (Å²) in [7, 11) is -4.01. The van der Waals surface area contributed by atoms with Gasteiger partial charge in [0.2, 0.25) is 10.0 Å². The molecule has 0 radical (unpaired) electrons. The van der Waals surface area contributed by atoms with Crippen molar-refractivity contribution in [3.05, 3.63) is 23.8 Å². The molecule has 1 aliphatic heterocycles. The number of primary sulfonamides is 1. The summed E-state index contributed by atoms with van der Waals surface area (Å²) in [6.45, 7) is 5.71. The van der Waals surface area contributed by atoms with Crippen molar-refractivity contribution in [1.82, 2.24) is 5.32 Å². The van der Waals surface area contributed by atoms with Crippen LogP contribution in [0.5, 0.6) is 0 Å². The van der Waals surface area contributed by atoms with E-state index in [1.807, 2.05) is 18.7 Å². The Morgan fingerprint density at radius 2 is 1.93 bits per heavy atom. The number of benzene rings is 1. The smallest absolute Gasteiger partial charge is 0.326 e. The summed E-state index contributed by atoms with van der Waals surface area (Å²) in [5.41, 5.74) is 0.579. The molecule has 0 aliphatic carbocycles. The van der Waals surface area contributed by atoms with Crippen LogP contribution in [0, 0.1) is 5.92 Å². The van der Waals surface area contributed by atoms with E-state index in [1.54, 1.807) is 0 Å². The maximum atomic E-state index is 12.8. The Hall–Kier alpha value is -2.17. The molecule has 0 bridgehead atoms. The summed E-state index contributed by atoms with van der Waals surface area (Å²) in [6, 6.07) is 2.95. The van der Waals surface area contributed by atoms with Gasteiger partial charge in [-0.15, -0.1) is 0 Å². The number of nitrogens with one attached hydrogen (secondary N) is 1. The lowest BCUT2D eigenvalue weighted by molar-refractivity contribution is -0.139. The summed E-state index contributed by atoms with van der Waals surface area (Å²) in [6.07, 6.45) is 0.253. The highest BCUT2D eigenvalue weighted by Crippen LogP contribution is 2.25. The highest BCUT2D eigenvalue weighted by atomic mass is 32.2. The Bertz CT molecular complexity index is 803. The first-order chi connectivity index (χ1) is 12.6. The second-order valence-corrected chi connectivity index (χ2v) is 8.38. The van der Waals surface area contributed by atoms with Crippen molar-refractivity contribution in [2.24, 2.45) is 11.1 Å². The van der Waals surface area contributed by atoms with E-state index in [4.69, 9.17) is 9.88 Å². The number of amides is 1. The van der Waals surface area contributed by atoms with E-state index < -0.39 is 27.9 Å². The Morgan fingerprint density at radius 3 is 2.44 bits per heavy atom. The zero-order valence-corrected chi connectivity index (χ0v) is 16.2. The Kier molecular flexibility index (Phi) is 6.79. The van der Waals surface area contributed by atoms with Gasteiger partial charge in [-0.05, 0) is 30.5 Å². The molecule has 0 spiro atoms. The molecule has 1 atom stereocenters. The van der Waals surface area contributed by atoms with Crippen molar-refractivity contribution in [2.75, 3.05) is 31.2 Å². The number of ether oxygens (including phenoxy) is 1. The van der Waals surface area contributed by atoms with Crippen LogP contribution in [0.2, 0.25) is 0 Å². The number of rotatable bonds is 7. The number of anilines is 1. The van der Waals surface area contributed by atoms with Gasteiger partial charge in [-0.2, -0.15) is 0 Å². The Balaban J connectivity index is 2.40. The van der Waals surface area contributed by atoms with Crippen molar-refractivity contribution in [3.8, 4) is 0 Å². The first-order valence-electron chi connectivity index (χ1n) is 8.63. The molecule has 1 saturated heterocycles. The zero-order valence-electron chi connectivity index (χ0n) is 15.3. The lowest BCUT2D eigenvalue weighted by atomic mass is 10.0. The van der Waals surface area contributed by atoms with Gasteiger partial charge in [0.1, 0.15) is 6.04 Å². The average molecular weight is 399 g/mol. The molecule has 1 aromatic carbocycles. The molecule has 9 nitrogen and oxygen atoms in total. The minimum absolute atomic E-state index is 0.0564.